The molecule has 0 aliphatic heterocycles. The third-order valence-electron chi connectivity index (χ3n) is 2.02. The monoisotopic (exact) mass is 201 g/mol. The average Bonchev–Trinajstić information content (AvgIpc) is 2.21. The lowest BCUT2D eigenvalue weighted by Crippen LogP contribution is -1.93. The Bertz CT molecular complexity index is 126. The maximum Gasteiger partial charge on any atom is 0.140 e. The average molecular weight is 201 g/mol. The summed E-state index contributed by atoms with van der Waals surface area (Å²) in [5.41, 5.74) is 0. The number of hydrogen-bond acceptors (Lipinski definition) is 3. The van der Waals surface area contributed by atoms with E-state index in [-0.39, 0.29) is 6.61 Å². The van der Waals surface area contributed by atoms with Crippen LogP contribution in [0.25, 0.3) is 0 Å². The maximum atomic E-state index is 8.39. The molecule has 3 nitrogen and oxygen atoms in total. The Labute approximate surface area is 87.1 Å². The fourth-order valence-corrected chi connectivity index (χ4v) is 1.21. The molecule has 0 amide bonds. The van der Waals surface area contributed by atoms with Crippen LogP contribution in [0.5, 0.6) is 0 Å². The minimum absolute atomic E-state index is 0.0361. The van der Waals surface area contributed by atoms with Crippen LogP contribution in [0.15, 0.2) is 5.16 Å². The molecule has 0 aliphatic carbocycles. The van der Waals surface area contributed by atoms with Crippen LogP contribution in [-0.2, 0) is 4.84 Å². The predicted octanol–water partition coefficient (Wildman–Crippen LogP) is 2.73. The van der Waals surface area contributed by atoms with E-state index in [0.29, 0.717) is 6.61 Å². The number of aliphatic hydroxyl groups is 1. The Morgan fingerprint density at radius 2 is 1.86 bits per heavy atom. The quantitative estimate of drug-likeness (QED) is 0.335. The van der Waals surface area contributed by atoms with Crippen molar-refractivity contribution < 1.29 is 9.94 Å². The lowest BCUT2D eigenvalue weighted by Gasteiger charge is -1.97. The Morgan fingerprint density at radius 1 is 1.14 bits per heavy atom. The van der Waals surface area contributed by atoms with Crippen molar-refractivity contribution in [3.8, 4) is 0 Å². The van der Waals surface area contributed by atoms with E-state index in [4.69, 9.17) is 9.94 Å². The molecule has 0 aromatic heterocycles. The Hall–Kier alpha value is -0.570. The van der Waals surface area contributed by atoms with Gasteiger partial charge in [0.1, 0.15) is 6.61 Å². The highest BCUT2D eigenvalue weighted by Crippen LogP contribution is 2.05. The molecule has 84 valence electrons. The van der Waals surface area contributed by atoms with Crippen LogP contribution in [0.2, 0.25) is 0 Å². The molecule has 0 rings (SSSR count). The Morgan fingerprint density at radius 3 is 2.57 bits per heavy atom. The Kier molecular flexibility index (Phi) is 11.9. The van der Waals surface area contributed by atoms with E-state index in [1.165, 1.54) is 38.5 Å². The summed E-state index contributed by atoms with van der Waals surface area (Å²) in [6.45, 7) is 2.56. The summed E-state index contributed by atoms with van der Waals surface area (Å²) in [6, 6.07) is 0. The molecule has 0 heterocycles. The van der Waals surface area contributed by atoms with Crippen molar-refractivity contribution in [2.45, 2.75) is 51.9 Å². The third kappa shape index (κ3) is 11.4. The molecule has 0 radical (unpaired) electrons. The van der Waals surface area contributed by atoms with Crippen molar-refractivity contribution in [2.24, 2.45) is 5.16 Å². The van der Waals surface area contributed by atoms with Gasteiger partial charge in [-0.05, 0) is 12.8 Å². The number of hydrogen-bond donors (Lipinski definition) is 1. The van der Waals surface area contributed by atoms with Gasteiger partial charge in [-0.1, -0.05) is 44.2 Å². The van der Waals surface area contributed by atoms with Crippen LogP contribution in [0.3, 0.4) is 0 Å². The van der Waals surface area contributed by atoms with E-state index in [1.54, 1.807) is 6.21 Å². The molecule has 0 fully saturated rings. The van der Waals surface area contributed by atoms with E-state index >= 15 is 0 Å². The first kappa shape index (κ1) is 13.4. The van der Waals surface area contributed by atoms with Crippen molar-refractivity contribution >= 4 is 6.21 Å². The maximum absolute atomic E-state index is 8.39. The normalized spacial score (nSPS) is 11.0. The fraction of sp³-hybridized carbons (Fsp3) is 0.909. The lowest BCUT2D eigenvalue weighted by molar-refractivity contribution is 0.0992. The lowest BCUT2D eigenvalue weighted by atomic mass is 10.1. The molecule has 0 atom stereocenters. The minimum atomic E-state index is 0.0361. The molecule has 0 aliphatic rings. The molecule has 0 aromatic rings. The molecule has 0 spiro atoms. The van der Waals surface area contributed by atoms with Crippen molar-refractivity contribution in [1.82, 2.24) is 0 Å². The summed E-state index contributed by atoms with van der Waals surface area (Å²) in [5.74, 6) is 0. The van der Waals surface area contributed by atoms with Crippen LogP contribution >= 0.6 is 0 Å². The van der Waals surface area contributed by atoms with Crippen LogP contribution in [0.4, 0.5) is 0 Å². The largest absolute Gasteiger partial charge is 0.394 e. The Balaban J connectivity index is 2.94. The molecular formula is C11H23NO2. The summed E-state index contributed by atoms with van der Waals surface area (Å²) >= 11 is 0. The van der Waals surface area contributed by atoms with Crippen molar-refractivity contribution in [3.63, 3.8) is 0 Å². The summed E-state index contributed by atoms with van der Waals surface area (Å²) in [5, 5.41) is 12.1. The molecule has 1 N–H and O–H groups in total. The number of unbranched alkanes of at least 4 members (excludes halogenated alkanes) is 6. The first-order chi connectivity index (χ1) is 6.91. The SMILES string of the molecule is CCCCCCCCC=NOCCO. The van der Waals surface area contributed by atoms with Gasteiger partial charge in [0.05, 0.1) is 6.61 Å². The molecule has 0 unspecified atom stereocenters. The highest BCUT2D eigenvalue weighted by molar-refractivity contribution is 5.56. The molecular weight excluding hydrogens is 178 g/mol. The van der Waals surface area contributed by atoms with Gasteiger partial charge in [-0.2, -0.15) is 0 Å². The molecule has 3 heteroatoms. The van der Waals surface area contributed by atoms with Gasteiger partial charge in [-0.15, -0.1) is 0 Å². The first-order valence-electron chi connectivity index (χ1n) is 5.66. The number of aliphatic hydroxyl groups excluding tert-OH is 1. The van der Waals surface area contributed by atoms with Gasteiger partial charge in [0, 0.05) is 6.21 Å². The number of rotatable bonds is 10. The summed E-state index contributed by atoms with van der Waals surface area (Å²) in [4.78, 5) is 4.75. The molecule has 14 heavy (non-hydrogen) atoms. The van der Waals surface area contributed by atoms with Gasteiger partial charge in [0.2, 0.25) is 0 Å². The van der Waals surface area contributed by atoms with E-state index in [0.717, 1.165) is 6.42 Å². The highest BCUT2D eigenvalue weighted by atomic mass is 16.6. The number of oxime groups is 1. The van der Waals surface area contributed by atoms with Crippen molar-refractivity contribution in [3.05, 3.63) is 0 Å². The standard InChI is InChI=1S/C11H23NO2/c1-2-3-4-5-6-7-8-9-12-14-11-10-13/h9,13H,2-8,10-11H2,1H3. The van der Waals surface area contributed by atoms with E-state index in [9.17, 15) is 0 Å². The smallest absolute Gasteiger partial charge is 0.140 e. The molecule has 0 aromatic carbocycles. The van der Waals surface area contributed by atoms with Gasteiger partial charge in [-0.25, -0.2) is 0 Å². The third-order valence-corrected chi connectivity index (χ3v) is 2.02. The first-order valence-corrected chi connectivity index (χ1v) is 5.66. The van der Waals surface area contributed by atoms with Crippen LogP contribution in [0, 0.1) is 0 Å². The van der Waals surface area contributed by atoms with Crippen LogP contribution in [0.1, 0.15) is 51.9 Å². The summed E-state index contributed by atoms with van der Waals surface area (Å²) in [7, 11) is 0. The molecule has 0 saturated heterocycles. The van der Waals surface area contributed by atoms with E-state index < -0.39 is 0 Å². The summed E-state index contributed by atoms with van der Waals surface area (Å²) in [6.07, 6.45) is 10.6. The predicted molar refractivity (Wildman–Crippen MR) is 59.5 cm³/mol. The van der Waals surface area contributed by atoms with E-state index in [2.05, 4.69) is 12.1 Å². The van der Waals surface area contributed by atoms with Crippen molar-refractivity contribution in [1.29, 1.82) is 0 Å². The molecule has 0 saturated carbocycles. The van der Waals surface area contributed by atoms with Gasteiger partial charge in [0.25, 0.3) is 0 Å². The minimum Gasteiger partial charge on any atom is -0.394 e. The fourth-order valence-electron chi connectivity index (χ4n) is 1.21. The van der Waals surface area contributed by atoms with E-state index in [1.807, 2.05) is 0 Å². The van der Waals surface area contributed by atoms with Gasteiger partial charge >= 0.3 is 0 Å². The zero-order valence-corrected chi connectivity index (χ0v) is 9.24. The zero-order valence-electron chi connectivity index (χ0n) is 9.24. The van der Waals surface area contributed by atoms with Crippen LogP contribution in [-0.4, -0.2) is 24.5 Å². The topological polar surface area (TPSA) is 41.8 Å². The second kappa shape index (κ2) is 12.4. The van der Waals surface area contributed by atoms with Crippen molar-refractivity contribution in [2.75, 3.05) is 13.2 Å². The zero-order chi connectivity index (χ0) is 10.5. The van der Waals surface area contributed by atoms with Gasteiger partial charge in [-0.3, -0.25) is 0 Å². The highest BCUT2D eigenvalue weighted by Gasteiger charge is 1.88. The van der Waals surface area contributed by atoms with Gasteiger partial charge in [0.15, 0.2) is 0 Å². The van der Waals surface area contributed by atoms with Gasteiger partial charge < -0.3 is 9.94 Å². The summed E-state index contributed by atoms with van der Waals surface area (Å²) < 4.78 is 0. The number of nitrogens with zero attached hydrogens (tertiary/aromatic N) is 1. The molecule has 0 bridgehead atoms. The van der Waals surface area contributed by atoms with Crippen LogP contribution < -0.4 is 0 Å². The second-order valence-corrected chi connectivity index (χ2v) is 3.40. The second-order valence-electron chi connectivity index (χ2n) is 3.40.